The summed E-state index contributed by atoms with van der Waals surface area (Å²) in [5.74, 6) is -1.68. The molecule has 0 amide bonds. The number of aromatic amines is 1. The van der Waals surface area contributed by atoms with Crippen LogP contribution in [0.25, 0.3) is 0 Å². The SMILES string of the molecule is O=C(c1ccc(Cl)cc1)c1nc[nH]c1C(=O)O. The number of carboxylic acid groups (broad SMARTS) is 1. The maximum atomic E-state index is 12.0. The molecule has 0 aliphatic rings. The number of carboxylic acids is 1. The molecule has 0 aliphatic carbocycles. The number of hydrogen-bond acceptors (Lipinski definition) is 3. The third kappa shape index (κ3) is 2.19. The zero-order valence-electron chi connectivity index (χ0n) is 8.48. The first-order valence-corrected chi connectivity index (χ1v) is 5.04. The molecular formula is C11H7ClN2O3. The zero-order chi connectivity index (χ0) is 12.4. The molecule has 0 aliphatic heterocycles. The second-order valence-electron chi connectivity index (χ2n) is 3.27. The van der Waals surface area contributed by atoms with Crippen LogP contribution in [0.5, 0.6) is 0 Å². The summed E-state index contributed by atoms with van der Waals surface area (Å²) in [5, 5.41) is 9.35. The van der Waals surface area contributed by atoms with Gasteiger partial charge in [-0.1, -0.05) is 11.6 Å². The van der Waals surface area contributed by atoms with Gasteiger partial charge >= 0.3 is 5.97 Å². The van der Waals surface area contributed by atoms with Crippen LogP contribution < -0.4 is 0 Å². The zero-order valence-corrected chi connectivity index (χ0v) is 9.23. The third-order valence-corrected chi connectivity index (χ3v) is 2.43. The number of H-pyrrole nitrogens is 1. The number of benzene rings is 1. The molecule has 17 heavy (non-hydrogen) atoms. The van der Waals surface area contributed by atoms with Crippen LogP contribution in [0.15, 0.2) is 30.6 Å². The van der Waals surface area contributed by atoms with Crippen molar-refractivity contribution < 1.29 is 14.7 Å². The Bertz CT molecular complexity index is 575. The van der Waals surface area contributed by atoms with Crippen LogP contribution >= 0.6 is 11.6 Å². The van der Waals surface area contributed by atoms with Gasteiger partial charge in [0.25, 0.3) is 0 Å². The van der Waals surface area contributed by atoms with Crippen molar-refractivity contribution in [1.82, 2.24) is 9.97 Å². The first-order chi connectivity index (χ1) is 8.09. The number of imidazole rings is 1. The predicted molar refractivity (Wildman–Crippen MR) is 60.4 cm³/mol. The summed E-state index contributed by atoms with van der Waals surface area (Å²) in [6.07, 6.45) is 1.17. The fourth-order valence-electron chi connectivity index (χ4n) is 1.37. The molecule has 5 nitrogen and oxygen atoms in total. The van der Waals surface area contributed by atoms with E-state index in [1.807, 2.05) is 0 Å². The summed E-state index contributed by atoms with van der Waals surface area (Å²) in [7, 11) is 0. The molecule has 2 N–H and O–H groups in total. The van der Waals surface area contributed by atoms with Gasteiger partial charge in [-0.05, 0) is 24.3 Å². The van der Waals surface area contributed by atoms with E-state index in [0.717, 1.165) is 0 Å². The maximum Gasteiger partial charge on any atom is 0.354 e. The van der Waals surface area contributed by atoms with E-state index >= 15 is 0 Å². The van der Waals surface area contributed by atoms with Crippen molar-refractivity contribution >= 4 is 23.4 Å². The lowest BCUT2D eigenvalue weighted by atomic mass is 10.1. The van der Waals surface area contributed by atoms with Gasteiger partial charge < -0.3 is 10.1 Å². The smallest absolute Gasteiger partial charge is 0.354 e. The van der Waals surface area contributed by atoms with E-state index in [4.69, 9.17) is 16.7 Å². The summed E-state index contributed by atoms with van der Waals surface area (Å²) in [4.78, 5) is 28.9. The molecule has 86 valence electrons. The van der Waals surface area contributed by atoms with Crippen LogP contribution in [-0.2, 0) is 0 Å². The highest BCUT2D eigenvalue weighted by molar-refractivity contribution is 6.30. The Morgan fingerprint density at radius 3 is 2.47 bits per heavy atom. The Balaban J connectivity index is 2.40. The maximum absolute atomic E-state index is 12.0. The number of carbonyl (C=O) groups excluding carboxylic acids is 1. The van der Waals surface area contributed by atoms with Crippen LogP contribution in [0.2, 0.25) is 5.02 Å². The van der Waals surface area contributed by atoms with Crippen LogP contribution in [-0.4, -0.2) is 26.8 Å². The Hall–Kier alpha value is -2.14. The fraction of sp³-hybridized carbons (Fsp3) is 0. The molecule has 0 radical (unpaired) electrons. The highest BCUT2D eigenvalue weighted by Gasteiger charge is 2.20. The van der Waals surface area contributed by atoms with Crippen LogP contribution in [0, 0.1) is 0 Å². The molecule has 0 spiro atoms. The van der Waals surface area contributed by atoms with Crippen molar-refractivity contribution in [2.75, 3.05) is 0 Å². The van der Waals surface area contributed by atoms with Gasteiger partial charge in [0.2, 0.25) is 5.78 Å². The molecule has 1 heterocycles. The average molecular weight is 251 g/mol. The van der Waals surface area contributed by atoms with Gasteiger partial charge in [0.1, 0.15) is 5.69 Å². The van der Waals surface area contributed by atoms with Crippen molar-refractivity contribution in [3.05, 3.63) is 52.6 Å². The van der Waals surface area contributed by atoms with E-state index in [0.29, 0.717) is 10.6 Å². The Kier molecular flexibility index (Phi) is 2.93. The first-order valence-electron chi connectivity index (χ1n) is 4.66. The fourth-order valence-corrected chi connectivity index (χ4v) is 1.49. The molecular weight excluding hydrogens is 244 g/mol. The number of ketones is 1. The second-order valence-corrected chi connectivity index (χ2v) is 3.70. The van der Waals surface area contributed by atoms with E-state index in [1.54, 1.807) is 12.1 Å². The quantitative estimate of drug-likeness (QED) is 0.816. The van der Waals surface area contributed by atoms with Gasteiger partial charge in [0, 0.05) is 10.6 Å². The number of rotatable bonds is 3. The number of nitrogens with zero attached hydrogens (tertiary/aromatic N) is 1. The van der Waals surface area contributed by atoms with Crippen LogP contribution in [0.3, 0.4) is 0 Å². The van der Waals surface area contributed by atoms with Crippen molar-refractivity contribution in [2.24, 2.45) is 0 Å². The van der Waals surface area contributed by atoms with E-state index < -0.39 is 11.8 Å². The van der Waals surface area contributed by atoms with Gasteiger partial charge in [-0.15, -0.1) is 0 Å². The minimum atomic E-state index is -1.22. The van der Waals surface area contributed by atoms with Crippen molar-refractivity contribution in [3.63, 3.8) is 0 Å². The molecule has 6 heteroatoms. The lowest BCUT2D eigenvalue weighted by molar-refractivity contribution is 0.0687. The molecule has 0 fully saturated rings. The standard InChI is InChI=1S/C11H7ClN2O3/c12-7-3-1-6(2-4-7)10(15)8-9(11(16)17)14-5-13-8/h1-5H,(H,13,14)(H,16,17). The Labute approximate surface area is 101 Å². The highest BCUT2D eigenvalue weighted by Crippen LogP contribution is 2.14. The van der Waals surface area contributed by atoms with Gasteiger partial charge in [-0.3, -0.25) is 4.79 Å². The highest BCUT2D eigenvalue weighted by atomic mass is 35.5. The lowest BCUT2D eigenvalue weighted by Gasteiger charge is -1.99. The monoisotopic (exact) mass is 250 g/mol. The largest absolute Gasteiger partial charge is 0.477 e. The van der Waals surface area contributed by atoms with E-state index in [-0.39, 0.29) is 11.4 Å². The minimum Gasteiger partial charge on any atom is -0.477 e. The van der Waals surface area contributed by atoms with Crippen LogP contribution in [0.4, 0.5) is 0 Å². The van der Waals surface area contributed by atoms with Gasteiger partial charge in [0.05, 0.1) is 6.33 Å². The number of carbonyl (C=O) groups is 2. The van der Waals surface area contributed by atoms with Crippen molar-refractivity contribution in [2.45, 2.75) is 0 Å². The number of aromatic nitrogens is 2. The molecule has 0 saturated carbocycles. The van der Waals surface area contributed by atoms with E-state index in [2.05, 4.69) is 9.97 Å². The van der Waals surface area contributed by atoms with E-state index in [9.17, 15) is 9.59 Å². The molecule has 2 rings (SSSR count). The summed E-state index contributed by atoms with van der Waals surface area (Å²) in [6, 6.07) is 6.15. The van der Waals surface area contributed by atoms with Crippen molar-refractivity contribution in [3.8, 4) is 0 Å². The molecule has 1 aromatic carbocycles. The number of hydrogen-bond donors (Lipinski definition) is 2. The summed E-state index contributed by atoms with van der Waals surface area (Å²) >= 11 is 5.70. The molecule has 0 atom stereocenters. The number of halogens is 1. The summed E-state index contributed by atoms with van der Waals surface area (Å²) in [6.45, 7) is 0. The van der Waals surface area contributed by atoms with Gasteiger partial charge in [-0.2, -0.15) is 0 Å². The Morgan fingerprint density at radius 2 is 1.88 bits per heavy atom. The van der Waals surface area contributed by atoms with Crippen LogP contribution in [0.1, 0.15) is 26.5 Å². The van der Waals surface area contributed by atoms with Crippen molar-refractivity contribution in [1.29, 1.82) is 0 Å². The van der Waals surface area contributed by atoms with E-state index in [1.165, 1.54) is 18.5 Å². The molecule has 0 unspecified atom stereocenters. The molecule has 0 saturated heterocycles. The number of nitrogens with one attached hydrogen (secondary N) is 1. The number of aromatic carboxylic acids is 1. The Morgan fingerprint density at radius 1 is 1.24 bits per heavy atom. The molecule has 1 aromatic heterocycles. The summed E-state index contributed by atoms with van der Waals surface area (Å²) < 4.78 is 0. The minimum absolute atomic E-state index is 0.111. The normalized spacial score (nSPS) is 10.2. The molecule has 2 aromatic rings. The third-order valence-electron chi connectivity index (χ3n) is 2.17. The molecule has 0 bridgehead atoms. The summed E-state index contributed by atoms with van der Waals surface area (Å²) in [5.41, 5.74) is 0.00812. The topological polar surface area (TPSA) is 83.0 Å². The van der Waals surface area contributed by atoms with Gasteiger partial charge in [0.15, 0.2) is 5.69 Å². The lowest BCUT2D eigenvalue weighted by Crippen LogP contribution is -2.09. The second kappa shape index (κ2) is 4.39. The average Bonchev–Trinajstić information content (AvgIpc) is 2.78. The first kappa shape index (κ1) is 11.3. The van der Waals surface area contributed by atoms with Gasteiger partial charge in [-0.25, -0.2) is 9.78 Å². The predicted octanol–water partition coefficient (Wildman–Crippen LogP) is 1.99.